The summed E-state index contributed by atoms with van der Waals surface area (Å²) in [6, 6.07) is 31.6. The molecule has 0 aliphatic rings. The Morgan fingerprint density at radius 1 is 0.711 bits per heavy atom. The molecule has 230 valence electrons. The Morgan fingerprint density at radius 3 is 1.93 bits per heavy atom. The molecule has 0 heterocycles. The number of nitrogens with one attached hydrogen (secondary N) is 2. The second-order valence-electron chi connectivity index (χ2n) is 9.78. The lowest BCUT2D eigenvalue weighted by atomic mass is 10.1. The van der Waals surface area contributed by atoms with Gasteiger partial charge in [0.25, 0.3) is 26.0 Å². The molecule has 0 unspecified atom stereocenters. The summed E-state index contributed by atoms with van der Waals surface area (Å²) in [7, 11) is -6.65. The number of carbonyl (C=O) groups excluding carboxylic acids is 1. The first-order valence-electron chi connectivity index (χ1n) is 13.6. The zero-order valence-electron chi connectivity index (χ0n) is 23.9. The molecule has 5 aromatic rings. The van der Waals surface area contributed by atoms with Gasteiger partial charge in [-0.15, -0.1) is 0 Å². The summed E-state index contributed by atoms with van der Waals surface area (Å²) in [4.78, 5) is 13.5. The van der Waals surface area contributed by atoms with Crippen LogP contribution < -0.4 is 19.1 Å². The Bertz CT molecular complexity index is 2000. The summed E-state index contributed by atoms with van der Waals surface area (Å²) < 4.78 is 75.6. The van der Waals surface area contributed by atoms with E-state index in [1.807, 2.05) is 6.07 Å². The lowest BCUT2D eigenvalue weighted by molar-refractivity contribution is 0.102. The Labute approximate surface area is 261 Å². The first-order chi connectivity index (χ1) is 21.6. The molecule has 0 bridgehead atoms. The maximum atomic E-state index is 14.0. The lowest BCUT2D eigenvalue weighted by Crippen LogP contribution is -2.32. The van der Waals surface area contributed by atoms with Crippen LogP contribution in [0.25, 0.3) is 0 Å². The molecular weight excluding hydrogens is 618 g/mol. The van der Waals surface area contributed by atoms with E-state index in [4.69, 9.17) is 4.74 Å². The highest BCUT2D eigenvalue weighted by atomic mass is 32.2. The molecular formula is C33H28FN3O6S2. The number of methoxy groups -OCH3 is 1. The van der Waals surface area contributed by atoms with Crippen molar-refractivity contribution in [1.29, 1.82) is 0 Å². The molecule has 0 radical (unpaired) electrons. The third-order valence-corrected chi connectivity index (χ3v) is 9.92. The number of amides is 1. The summed E-state index contributed by atoms with van der Waals surface area (Å²) in [5, 5.41) is 2.72. The smallest absolute Gasteiger partial charge is 0.264 e. The number of sulfonamides is 2. The highest BCUT2D eigenvalue weighted by molar-refractivity contribution is 7.93. The molecule has 0 aliphatic heterocycles. The molecule has 0 aliphatic carbocycles. The van der Waals surface area contributed by atoms with Crippen LogP contribution in [-0.4, -0.2) is 29.9 Å². The molecule has 0 saturated carbocycles. The topological polar surface area (TPSA) is 122 Å². The van der Waals surface area contributed by atoms with Gasteiger partial charge in [0, 0.05) is 11.4 Å². The molecule has 0 fully saturated rings. The van der Waals surface area contributed by atoms with E-state index < -0.39 is 31.8 Å². The third-order valence-electron chi connectivity index (χ3n) is 6.75. The van der Waals surface area contributed by atoms with E-state index in [0.717, 1.165) is 12.1 Å². The zero-order valence-corrected chi connectivity index (χ0v) is 25.6. The number of hydrogen-bond acceptors (Lipinski definition) is 6. The summed E-state index contributed by atoms with van der Waals surface area (Å²) in [6.07, 6.45) is 0. The zero-order chi connectivity index (χ0) is 32.0. The van der Waals surface area contributed by atoms with Crippen molar-refractivity contribution in [3.63, 3.8) is 0 Å². The van der Waals surface area contributed by atoms with E-state index in [2.05, 4.69) is 10.0 Å². The van der Waals surface area contributed by atoms with Crippen LogP contribution in [0.2, 0.25) is 0 Å². The van der Waals surface area contributed by atoms with Crippen molar-refractivity contribution in [3.8, 4) is 5.75 Å². The average Bonchev–Trinajstić information content (AvgIpc) is 3.05. The third kappa shape index (κ3) is 7.31. The van der Waals surface area contributed by atoms with Crippen molar-refractivity contribution in [2.75, 3.05) is 21.5 Å². The van der Waals surface area contributed by atoms with Crippen LogP contribution in [0.3, 0.4) is 0 Å². The quantitative estimate of drug-likeness (QED) is 0.174. The van der Waals surface area contributed by atoms with Crippen LogP contribution in [0.4, 0.5) is 21.5 Å². The molecule has 0 atom stereocenters. The summed E-state index contributed by atoms with van der Waals surface area (Å²) in [5.41, 5.74) is 1.41. The van der Waals surface area contributed by atoms with E-state index in [0.29, 0.717) is 11.3 Å². The van der Waals surface area contributed by atoms with Gasteiger partial charge in [0.05, 0.1) is 34.7 Å². The fourth-order valence-electron chi connectivity index (χ4n) is 4.45. The van der Waals surface area contributed by atoms with Gasteiger partial charge in [-0.05, 0) is 90.5 Å². The van der Waals surface area contributed by atoms with Crippen LogP contribution in [0, 0.1) is 5.82 Å². The fraction of sp³-hybridized carbons (Fsp3) is 0.0606. The number of ether oxygens (including phenoxy) is 1. The number of halogens is 1. The largest absolute Gasteiger partial charge is 0.497 e. The van der Waals surface area contributed by atoms with Crippen LogP contribution >= 0.6 is 0 Å². The standard InChI is InChI=1S/C33H28FN3O6S2/c1-43-28-17-21-30(22-18-28)45(41,42)37(23-24-7-3-2-4-8-24)32-10-6-5-9-31(32)33(38)35-26-15-19-29(20-16-26)44(39,40)36-27-13-11-25(34)12-14-27/h2-22,36H,23H2,1H3,(H,35,38). The molecule has 5 rings (SSSR count). The maximum absolute atomic E-state index is 14.0. The number of para-hydroxylation sites is 1. The second-order valence-corrected chi connectivity index (χ2v) is 13.3. The van der Waals surface area contributed by atoms with Crippen LogP contribution in [0.5, 0.6) is 5.75 Å². The summed E-state index contributed by atoms with van der Waals surface area (Å²) in [6.45, 7) is -0.0485. The molecule has 12 heteroatoms. The van der Waals surface area contributed by atoms with Crippen molar-refractivity contribution in [1.82, 2.24) is 0 Å². The molecule has 0 spiro atoms. The van der Waals surface area contributed by atoms with Gasteiger partial charge in [0.1, 0.15) is 11.6 Å². The number of benzene rings is 5. The highest BCUT2D eigenvalue weighted by Gasteiger charge is 2.29. The minimum absolute atomic E-state index is 0.0143. The van der Waals surface area contributed by atoms with Gasteiger partial charge in [0.2, 0.25) is 0 Å². The minimum Gasteiger partial charge on any atom is -0.497 e. The monoisotopic (exact) mass is 645 g/mol. The van der Waals surface area contributed by atoms with Crippen molar-refractivity contribution >= 4 is 43.0 Å². The van der Waals surface area contributed by atoms with Gasteiger partial charge in [0.15, 0.2) is 0 Å². The minimum atomic E-state index is -4.15. The number of rotatable bonds is 11. The van der Waals surface area contributed by atoms with Crippen LogP contribution in [0.15, 0.2) is 137 Å². The van der Waals surface area contributed by atoms with Crippen LogP contribution in [-0.2, 0) is 26.6 Å². The summed E-state index contributed by atoms with van der Waals surface area (Å²) >= 11 is 0. The molecule has 9 nitrogen and oxygen atoms in total. The van der Waals surface area contributed by atoms with Crippen LogP contribution in [0.1, 0.15) is 15.9 Å². The molecule has 2 N–H and O–H groups in total. The SMILES string of the molecule is COc1ccc(S(=O)(=O)N(Cc2ccccc2)c2ccccc2C(=O)Nc2ccc(S(=O)(=O)Nc3ccc(F)cc3)cc2)cc1. The predicted octanol–water partition coefficient (Wildman–Crippen LogP) is 6.28. The Hall–Kier alpha value is -5.20. The van der Waals surface area contributed by atoms with Gasteiger partial charge in [-0.3, -0.25) is 13.8 Å². The molecule has 45 heavy (non-hydrogen) atoms. The summed E-state index contributed by atoms with van der Waals surface area (Å²) in [5.74, 6) is -0.608. The van der Waals surface area contributed by atoms with Gasteiger partial charge in [-0.2, -0.15) is 0 Å². The fourth-order valence-corrected chi connectivity index (χ4v) is 6.99. The van der Waals surface area contributed by atoms with Gasteiger partial charge < -0.3 is 10.1 Å². The van der Waals surface area contributed by atoms with E-state index in [9.17, 15) is 26.0 Å². The van der Waals surface area contributed by atoms with Crippen molar-refractivity contribution in [3.05, 3.63) is 144 Å². The number of hydrogen-bond donors (Lipinski definition) is 2. The molecule has 0 saturated heterocycles. The number of nitrogens with zero attached hydrogens (tertiary/aromatic N) is 1. The van der Waals surface area contributed by atoms with Crippen molar-refractivity contribution < 1.29 is 30.8 Å². The van der Waals surface area contributed by atoms with E-state index in [-0.39, 0.29) is 39.0 Å². The average molecular weight is 646 g/mol. The Balaban J connectivity index is 1.43. The second kappa shape index (κ2) is 13.2. The normalized spacial score (nSPS) is 11.4. The van der Waals surface area contributed by atoms with Gasteiger partial charge >= 0.3 is 0 Å². The van der Waals surface area contributed by atoms with E-state index in [1.54, 1.807) is 54.6 Å². The van der Waals surface area contributed by atoms with Crippen molar-refractivity contribution in [2.45, 2.75) is 16.3 Å². The molecule has 5 aromatic carbocycles. The first kappa shape index (κ1) is 31.2. The molecule has 0 aromatic heterocycles. The van der Waals surface area contributed by atoms with Gasteiger partial charge in [-0.25, -0.2) is 21.2 Å². The Morgan fingerprint density at radius 2 is 1.29 bits per heavy atom. The van der Waals surface area contributed by atoms with Crippen molar-refractivity contribution in [2.24, 2.45) is 0 Å². The van der Waals surface area contributed by atoms with E-state index in [1.165, 1.54) is 66.0 Å². The lowest BCUT2D eigenvalue weighted by Gasteiger charge is -2.26. The van der Waals surface area contributed by atoms with E-state index >= 15 is 0 Å². The highest BCUT2D eigenvalue weighted by Crippen LogP contribution is 2.31. The number of anilines is 3. The Kier molecular flexibility index (Phi) is 9.16. The number of carbonyl (C=O) groups is 1. The molecule has 1 amide bonds. The first-order valence-corrected chi connectivity index (χ1v) is 16.5. The predicted molar refractivity (Wildman–Crippen MR) is 171 cm³/mol. The maximum Gasteiger partial charge on any atom is 0.264 e. The van der Waals surface area contributed by atoms with Gasteiger partial charge in [-0.1, -0.05) is 42.5 Å².